The van der Waals surface area contributed by atoms with Crippen LogP contribution in [-0.2, 0) is 4.74 Å². The van der Waals surface area contributed by atoms with E-state index in [4.69, 9.17) is 21.1 Å². The maximum Gasteiger partial charge on any atom is 0.199 e. The molecule has 0 aromatic carbocycles. The zero-order chi connectivity index (χ0) is 10.8. The van der Waals surface area contributed by atoms with Gasteiger partial charge in [-0.1, -0.05) is 11.6 Å². The van der Waals surface area contributed by atoms with E-state index in [9.17, 15) is 0 Å². The van der Waals surface area contributed by atoms with Crippen LogP contribution < -0.4 is 9.64 Å². The van der Waals surface area contributed by atoms with E-state index in [1.165, 1.54) is 6.33 Å². The van der Waals surface area contributed by atoms with Gasteiger partial charge in [0, 0.05) is 20.2 Å². The van der Waals surface area contributed by atoms with Crippen LogP contribution in [0.25, 0.3) is 0 Å². The van der Waals surface area contributed by atoms with Crippen molar-refractivity contribution in [2.45, 2.75) is 6.10 Å². The van der Waals surface area contributed by atoms with Crippen molar-refractivity contribution < 1.29 is 9.47 Å². The van der Waals surface area contributed by atoms with Crippen LogP contribution in [0.2, 0.25) is 5.15 Å². The second-order valence-electron chi connectivity index (χ2n) is 3.28. The van der Waals surface area contributed by atoms with E-state index in [1.807, 2.05) is 4.90 Å². The molecule has 0 atom stereocenters. The van der Waals surface area contributed by atoms with Gasteiger partial charge in [-0.3, -0.25) is 0 Å². The smallest absolute Gasteiger partial charge is 0.199 e. The Kier molecular flexibility index (Phi) is 2.93. The summed E-state index contributed by atoms with van der Waals surface area (Å²) in [5.74, 6) is 1.25. The molecule has 0 spiro atoms. The first-order valence-corrected chi connectivity index (χ1v) is 4.96. The zero-order valence-electron chi connectivity index (χ0n) is 8.61. The molecule has 1 aliphatic heterocycles. The fourth-order valence-electron chi connectivity index (χ4n) is 1.50. The van der Waals surface area contributed by atoms with Crippen LogP contribution in [-0.4, -0.2) is 43.4 Å². The quantitative estimate of drug-likeness (QED) is 0.723. The molecular weight excluding hydrogens is 218 g/mol. The largest absolute Gasteiger partial charge is 0.490 e. The number of ether oxygens (including phenoxy) is 2. The molecule has 1 fully saturated rings. The number of methoxy groups -OCH3 is 2. The van der Waals surface area contributed by atoms with Crippen molar-refractivity contribution in [3.63, 3.8) is 0 Å². The third-order valence-corrected chi connectivity index (χ3v) is 2.70. The highest BCUT2D eigenvalue weighted by Gasteiger charge is 2.30. The average molecular weight is 230 g/mol. The van der Waals surface area contributed by atoms with Crippen LogP contribution in [0.1, 0.15) is 0 Å². The van der Waals surface area contributed by atoms with Crippen LogP contribution in [0.5, 0.6) is 5.75 Å². The summed E-state index contributed by atoms with van der Waals surface area (Å²) in [6.07, 6.45) is 1.70. The SMILES string of the molecule is COc1c(Cl)ncnc1N1CC(OC)C1. The van der Waals surface area contributed by atoms with Gasteiger partial charge in [-0.25, -0.2) is 9.97 Å². The molecular formula is C9H12ClN3O2. The zero-order valence-corrected chi connectivity index (χ0v) is 9.36. The number of hydrogen-bond donors (Lipinski definition) is 0. The highest BCUT2D eigenvalue weighted by molar-refractivity contribution is 6.31. The first-order valence-electron chi connectivity index (χ1n) is 4.58. The maximum atomic E-state index is 5.89. The Hall–Kier alpha value is -1.07. The maximum absolute atomic E-state index is 5.89. The molecule has 2 heterocycles. The van der Waals surface area contributed by atoms with Gasteiger partial charge >= 0.3 is 0 Å². The molecule has 2 rings (SSSR count). The van der Waals surface area contributed by atoms with Gasteiger partial charge in [0.25, 0.3) is 0 Å². The molecule has 5 nitrogen and oxygen atoms in total. The molecule has 0 radical (unpaired) electrons. The van der Waals surface area contributed by atoms with Crippen molar-refractivity contribution in [3.05, 3.63) is 11.5 Å². The van der Waals surface area contributed by atoms with Crippen molar-refractivity contribution >= 4 is 17.4 Å². The van der Waals surface area contributed by atoms with E-state index in [2.05, 4.69) is 9.97 Å². The molecule has 0 saturated carbocycles. The highest BCUT2D eigenvalue weighted by atomic mass is 35.5. The molecule has 0 aliphatic carbocycles. The summed E-state index contributed by atoms with van der Waals surface area (Å²) >= 11 is 5.89. The minimum absolute atomic E-state index is 0.267. The number of rotatable bonds is 3. The van der Waals surface area contributed by atoms with Crippen LogP contribution >= 0.6 is 11.6 Å². The Morgan fingerprint density at radius 1 is 1.40 bits per heavy atom. The van der Waals surface area contributed by atoms with Crippen LogP contribution in [0.15, 0.2) is 6.33 Å². The molecule has 0 N–H and O–H groups in total. The van der Waals surface area contributed by atoms with E-state index in [0.717, 1.165) is 18.9 Å². The molecule has 1 aromatic heterocycles. The summed E-state index contributed by atoms with van der Waals surface area (Å²) in [4.78, 5) is 10.1. The Bertz CT molecular complexity index is 355. The van der Waals surface area contributed by atoms with Gasteiger partial charge < -0.3 is 14.4 Å². The average Bonchev–Trinajstić information content (AvgIpc) is 2.16. The molecule has 0 bridgehead atoms. The van der Waals surface area contributed by atoms with E-state index >= 15 is 0 Å². The second kappa shape index (κ2) is 4.20. The second-order valence-corrected chi connectivity index (χ2v) is 3.64. The van der Waals surface area contributed by atoms with E-state index in [1.54, 1.807) is 14.2 Å². The predicted molar refractivity (Wildman–Crippen MR) is 56.6 cm³/mol. The summed E-state index contributed by atoms with van der Waals surface area (Å²) in [6, 6.07) is 0. The number of anilines is 1. The highest BCUT2D eigenvalue weighted by Crippen LogP contribution is 2.33. The lowest BCUT2D eigenvalue weighted by Gasteiger charge is -2.39. The summed E-state index contributed by atoms with van der Waals surface area (Å²) < 4.78 is 10.3. The van der Waals surface area contributed by atoms with Crippen molar-refractivity contribution in [2.75, 3.05) is 32.2 Å². The van der Waals surface area contributed by atoms with Crippen molar-refractivity contribution in [3.8, 4) is 5.75 Å². The Morgan fingerprint density at radius 2 is 2.13 bits per heavy atom. The normalized spacial score (nSPS) is 16.3. The summed E-state index contributed by atoms with van der Waals surface area (Å²) in [5.41, 5.74) is 0. The monoisotopic (exact) mass is 229 g/mol. The van der Waals surface area contributed by atoms with E-state index in [-0.39, 0.29) is 6.10 Å². The molecule has 0 unspecified atom stereocenters. The first kappa shape index (κ1) is 10.4. The lowest BCUT2D eigenvalue weighted by atomic mass is 10.1. The van der Waals surface area contributed by atoms with Gasteiger partial charge in [0.1, 0.15) is 6.33 Å². The third-order valence-electron chi connectivity index (χ3n) is 2.43. The summed E-state index contributed by atoms with van der Waals surface area (Å²) in [7, 11) is 3.26. The van der Waals surface area contributed by atoms with Crippen molar-refractivity contribution in [1.82, 2.24) is 9.97 Å². The van der Waals surface area contributed by atoms with Gasteiger partial charge in [-0.05, 0) is 0 Å². The van der Waals surface area contributed by atoms with E-state index in [0.29, 0.717) is 10.9 Å². The van der Waals surface area contributed by atoms with Gasteiger partial charge in [-0.2, -0.15) is 0 Å². The van der Waals surface area contributed by atoms with Gasteiger partial charge in [0.2, 0.25) is 0 Å². The van der Waals surface area contributed by atoms with Crippen LogP contribution in [0, 0.1) is 0 Å². The Labute approximate surface area is 93.0 Å². The Balaban J connectivity index is 2.18. The molecule has 0 amide bonds. The number of halogens is 1. The fraction of sp³-hybridized carbons (Fsp3) is 0.556. The fourth-order valence-corrected chi connectivity index (χ4v) is 1.71. The van der Waals surface area contributed by atoms with Gasteiger partial charge in [0.05, 0.1) is 13.2 Å². The summed E-state index contributed by atoms with van der Waals surface area (Å²) in [6.45, 7) is 1.61. The molecule has 1 aliphatic rings. The topological polar surface area (TPSA) is 47.5 Å². The predicted octanol–water partition coefficient (Wildman–Crippen LogP) is 0.974. The number of aromatic nitrogens is 2. The molecule has 1 saturated heterocycles. The molecule has 15 heavy (non-hydrogen) atoms. The number of hydrogen-bond acceptors (Lipinski definition) is 5. The van der Waals surface area contributed by atoms with Crippen molar-refractivity contribution in [2.24, 2.45) is 0 Å². The molecule has 1 aromatic rings. The van der Waals surface area contributed by atoms with E-state index < -0.39 is 0 Å². The Morgan fingerprint density at radius 3 is 2.73 bits per heavy atom. The van der Waals surface area contributed by atoms with Gasteiger partial charge in [0.15, 0.2) is 16.7 Å². The summed E-state index contributed by atoms with van der Waals surface area (Å²) in [5, 5.41) is 0.336. The lowest BCUT2D eigenvalue weighted by molar-refractivity contribution is 0.0780. The van der Waals surface area contributed by atoms with Gasteiger partial charge in [-0.15, -0.1) is 0 Å². The minimum atomic E-state index is 0.267. The number of nitrogens with zero attached hydrogens (tertiary/aromatic N) is 3. The molecule has 82 valence electrons. The third kappa shape index (κ3) is 1.85. The first-order chi connectivity index (χ1) is 7.26. The minimum Gasteiger partial charge on any atom is -0.490 e. The van der Waals surface area contributed by atoms with Crippen molar-refractivity contribution in [1.29, 1.82) is 0 Å². The lowest BCUT2D eigenvalue weighted by Crippen LogP contribution is -2.52. The van der Waals surface area contributed by atoms with Crippen LogP contribution in [0.3, 0.4) is 0 Å². The standard InChI is InChI=1S/C9H12ClN3O2/c1-14-6-3-13(4-6)9-7(15-2)8(10)11-5-12-9/h5-6H,3-4H2,1-2H3. The van der Waals surface area contributed by atoms with Crippen LogP contribution in [0.4, 0.5) is 5.82 Å². The molecule has 6 heteroatoms.